The van der Waals surface area contributed by atoms with Crippen LogP contribution in [0.25, 0.3) is 11.0 Å². The molecule has 2 heterocycles. The Balaban J connectivity index is 1.56. The molecule has 0 atom stereocenters. The van der Waals surface area contributed by atoms with Crippen molar-refractivity contribution in [2.24, 2.45) is 0 Å². The zero-order valence-electron chi connectivity index (χ0n) is 16.3. The van der Waals surface area contributed by atoms with Crippen LogP contribution in [-0.4, -0.2) is 33.0 Å². The lowest BCUT2D eigenvalue weighted by Crippen LogP contribution is -2.30. The second-order valence-corrected chi connectivity index (χ2v) is 7.12. The molecule has 1 aliphatic carbocycles. The number of esters is 1. The Kier molecular flexibility index (Phi) is 5.18. The van der Waals surface area contributed by atoms with Gasteiger partial charge in [-0.2, -0.15) is 0 Å². The molecule has 0 bridgehead atoms. The lowest BCUT2D eigenvalue weighted by Gasteiger charge is -2.09. The number of carbonyl (C=O) groups excluding carboxylic acids is 2. The molecule has 3 aromatic rings. The highest BCUT2D eigenvalue weighted by molar-refractivity contribution is 6.05. The summed E-state index contributed by atoms with van der Waals surface area (Å²) in [6.45, 7) is 2.26. The Bertz CT molecular complexity index is 1240. The minimum absolute atomic E-state index is 0.0338. The molecule has 1 aliphatic rings. The van der Waals surface area contributed by atoms with E-state index in [1.54, 1.807) is 24.3 Å². The van der Waals surface area contributed by atoms with E-state index in [1.165, 1.54) is 16.8 Å². The summed E-state index contributed by atoms with van der Waals surface area (Å²) in [7, 11) is 0. The van der Waals surface area contributed by atoms with Crippen LogP contribution in [0.2, 0.25) is 0 Å². The predicted molar refractivity (Wildman–Crippen MR) is 110 cm³/mol. The standard InChI is InChI=1S/C21H20N4O5/c1-2-9-30-20(28)12-3-5-14(6-4-12)23-18(26)13-10-16-17(22-11-13)25(15-7-8-15)21(29)24-19(16)27/h3-6,10-11,15H,2,7-9H2,1H3,(H,23,26)(H,24,27,29). The molecule has 0 radical (unpaired) electrons. The zero-order chi connectivity index (χ0) is 21.3. The minimum atomic E-state index is -0.580. The van der Waals surface area contributed by atoms with Crippen molar-refractivity contribution < 1.29 is 14.3 Å². The van der Waals surface area contributed by atoms with E-state index in [-0.39, 0.29) is 22.6 Å². The largest absolute Gasteiger partial charge is 0.462 e. The monoisotopic (exact) mass is 408 g/mol. The fourth-order valence-corrected chi connectivity index (χ4v) is 3.10. The van der Waals surface area contributed by atoms with Crippen molar-refractivity contribution in [2.45, 2.75) is 32.2 Å². The van der Waals surface area contributed by atoms with Crippen molar-refractivity contribution in [3.63, 3.8) is 0 Å². The van der Waals surface area contributed by atoms with Crippen LogP contribution < -0.4 is 16.6 Å². The Hall–Kier alpha value is -3.75. The van der Waals surface area contributed by atoms with Crippen molar-refractivity contribution >= 4 is 28.6 Å². The van der Waals surface area contributed by atoms with Crippen molar-refractivity contribution in [1.29, 1.82) is 0 Å². The van der Waals surface area contributed by atoms with Crippen molar-refractivity contribution in [1.82, 2.24) is 14.5 Å². The van der Waals surface area contributed by atoms with Gasteiger partial charge in [-0.3, -0.25) is 19.1 Å². The highest BCUT2D eigenvalue weighted by Crippen LogP contribution is 2.34. The number of pyridine rings is 1. The third-order valence-corrected chi connectivity index (χ3v) is 4.77. The first-order valence-corrected chi connectivity index (χ1v) is 9.71. The summed E-state index contributed by atoms with van der Waals surface area (Å²) in [6, 6.07) is 7.76. The number of nitrogens with zero attached hydrogens (tertiary/aromatic N) is 2. The highest BCUT2D eigenvalue weighted by atomic mass is 16.5. The molecule has 1 aromatic carbocycles. The van der Waals surface area contributed by atoms with Gasteiger partial charge in [0, 0.05) is 17.9 Å². The molecule has 9 nitrogen and oxygen atoms in total. The molecule has 0 spiro atoms. The number of rotatable bonds is 6. The SMILES string of the molecule is CCCOC(=O)c1ccc(NC(=O)c2cnc3c(c2)c(=O)[nH]c(=O)n3C2CC2)cc1. The third kappa shape index (κ3) is 3.86. The highest BCUT2D eigenvalue weighted by Gasteiger charge is 2.27. The second-order valence-electron chi connectivity index (χ2n) is 7.12. The van der Waals surface area contributed by atoms with Crippen LogP contribution in [0.3, 0.4) is 0 Å². The number of anilines is 1. The van der Waals surface area contributed by atoms with Crippen LogP contribution in [-0.2, 0) is 4.74 Å². The van der Waals surface area contributed by atoms with Crippen molar-refractivity contribution in [3.05, 3.63) is 68.5 Å². The molecule has 2 aromatic heterocycles. The number of benzene rings is 1. The van der Waals surface area contributed by atoms with Crippen LogP contribution in [0.15, 0.2) is 46.1 Å². The second kappa shape index (κ2) is 7.94. The summed E-state index contributed by atoms with van der Waals surface area (Å²) in [5, 5.41) is 2.88. The molecule has 4 rings (SSSR count). The van der Waals surface area contributed by atoms with Crippen LogP contribution in [0, 0.1) is 0 Å². The molecular weight excluding hydrogens is 388 g/mol. The maximum Gasteiger partial charge on any atom is 0.338 e. The number of hydrogen-bond acceptors (Lipinski definition) is 6. The van der Waals surface area contributed by atoms with Gasteiger partial charge in [0.05, 0.1) is 23.1 Å². The Morgan fingerprint density at radius 2 is 1.93 bits per heavy atom. The maximum atomic E-state index is 12.6. The van der Waals surface area contributed by atoms with Crippen LogP contribution in [0.5, 0.6) is 0 Å². The maximum absolute atomic E-state index is 12.6. The number of aromatic amines is 1. The van der Waals surface area contributed by atoms with E-state index in [4.69, 9.17) is 4.74 Å². The smallest absolute Gasteiger partial charge is 0.338 e. The molecule has 0 unspecified atom stereocenters. The van der Waals surface area contributed by atoms with Gasteiger partial charge in [0.15, 0.2) is 0 Å². The van der Waals surface area contributed by atoms with E-state index in [0.717, 1.165) is 19.3 Å². The number of ether oxygens (including phenoxy) is 1. The van der Waals surface area contributed by atoms with Gasteiger partial charge in [0.2, 0.25) is 0 Å². The van der Waals surface area contributed by atoms with Gasteiger partial charge in [-0.1, -0.05) is 6.92 Å². The van der Waals surface area contributed by atoms with E-state index in [9.17, 15) is 19.2 Å². The van der Waals surface area contributed by atoms with Crippen LogP contribution >= 0.6 is 0 Å². The van der Waals surface area contributed by atoms with Gasteiger partial charge >= 0.3 is 11.7 Å². The van der Waals surface area contributed by atoms with Gasteiger partial charge < -0.3 is 10.1 Å². The molecule has 1 saturated carbocycles. The van der Waals surface area contributed by atoms with E-state index >= 15 is 0 Å². The molecule has 9 heteroatoms. The van der Waals surface area contributed by atoms with Crippen molar-refractivity contribution in [3.8, 4) is 0 Å². The summed E-state index contributed by atoms with van der Waals surface area (Å²) in [5.41, 5.74) is 0.252. The minimum Gasteiger partial charge on any atom is -0.462 e. The first-order chi connectivity index (χ1) is 14.5. The number of carbonyl (C=O) groups is 2. The summed E-state index contributed by atoms with van der Waals surface area (Å²) >= 11 is 0. The lowest BCUT2D eigenvalue weighted by atomic mass is 10.2. The average molecular weight is 408 g/mol. The first kappa shape index (κ1) is 19.6. The first-order valence-electron chi connectivity index (χ1n) is 9.71. The Morgan fingerprint density at radius 3 is 2.60 bits per heavy atom. The summed E-state index contributed by atoms with van der Waals surface area (Å²) < 4.78 is 6.53. The van der Waals surface area contributed by atoms with E-state index in [0.29, 0.717) is 17.9 Å². The number of H-pyrrole nitrogens is 1. The quantitative estimate of drug-likeness (QED) is 0.603. The molecule has 0 saturated heterocycles. The predicted octanol–water partition coefficient (Wildman–Crippen LogP) is 2.24. The van der Waals surface area contributed by atoms with Crippen LogP contribution in [0.4, 0.5) is 5.69 Å². The van der Waals surface area contributed by atoms with Gasteiger partial charge in [0.1, 0.15) is 5.65 Å². The van der Waals surface area contributed by atoms with Crippen LogP contribution in [0.1, 0.15) is 52.9 Å². The number of aromatic nitrogens is 3. The number of amides is 1. The molecule has 30 heavy (non-hydrogen) atoms. The zero-order valence-corrected chi connectivity index (χ0v) is 16.3. The lowest BCUT2D eigenvalue weighted by molar-refractivity contribution is 0.0505. The normalized spacial score (nSPS) is 13.2. The number of hydrogen-bond donors (Lipinski definition) is 2. The van der Waals surface area contributed by atoms with E-state index < -0.39 is 23.1 Å². The number of nitrogens with one attached hydrogen (secondary N) is 2. The van der Waals surface area contributed by atoms with Gasteiger partial charge in [-0.05, 0) is 49.6 Å². The fraction of sp³-hybridized carbons (Fsp3) is 0.286. The summed E-state index contributed by atoms with van der Waals surface area (Å²) in [6.07, 6.45) is 3.78. The molecule has 154 valence electrons. The van der Waals surface area contributed by atoms with E-state index in [2.05, 4.69) is 15.3 Å². The molecular formula is C21H20N4O5. The Labute approximate surface area is 170 Å². The van der Waals surface area contributed by atoms with Gasteiger partial charge in [0.25, 0.3) is 11.5 Å². The summed E-state index contributed by atoms with van der Waals surface area (Å²) in [4.78, 5) is 55.3. The summed E-state index contributed by atoms with van der Waals surface area (Å²) in [5.74, 6) is -0.885. The van der Waals surface area contributed by atoms with Crippen molar-refractivity contribution in [2.75, 3.05) is 11.9 Å². The number of fused-ring (bicyclic) bond motifs is 1. The molecule has 1 fully saturated rings. The van der Waals surface area contributed by atoms with E-state index in [1.807, 2.05) is 6.92 Å². The average Bonchev–Trinajstić information content (AvgIpc) is 3.57. The molecule has 2 N–H and O–H groups in total. The topological polar surface area (TPSA) is 123 Å². The van der Waals surface area contributed by atoms with Gasteiger partial charge in [-0.15, -0.1) is 0 Å². The Morgan fingerprint density at radius 1 is 1.20 bits per heavy atom. The molecule has 0 aliphatic heterocycles. The van der Waals surface area contributed by atoms with Gasteiger partial charge in [-0.25, -0.2) is 14.6 Å². The molecule has 1 amide bonds. The third-order valence-electron chi connectivity index (χ3n) is 4.77. The fourth-order valence-electron chi connectivity index (χ4n) is 3.10.